The normalized spacial score (nSPS) is 12.8. The van der Waals surface area contributed by atoms with Crippen LogP contribution in [0.3, 0.4) is 0 Å². The van der Waals surface area contributed by atoms with E-state index in [-0.39, 0.29) is 37.5 Å². The van der Waals surface area contributed by atoms with Crippen molar-refractivity contribution in [2.45, 2.75) is 271 Å². The summed E-state index contributed by atoms with van der Waals surface area (Å²) in [6.07, 6.45) is 75.5. The SMILES string of the molecule is CC/C=C\C/C=C\C/C=C\C/C=C\C/C=C\C/C=C\CCC(=O)OCC(COC(=O)CCCCCCC/C=C\CCCCCCCCC)OC(=O)CCCCCCC/C=C\CCCCCCCCC. The van der Waals surface area contributed by atoms with Crippen molar-refractivity contribution in [2.75, 3.05) is 13.2 Å². The molecular formula is C63H106O6. The summed E-state index contributed by atoms with van der Waals surface area (Å²) in [4.78, 5) is 38.1. The molecule has 0 aromatic rings. The Morgan fingerprint density at radius 3 is 0.971 bits per heavy atom. The zero-order chi connectivity index (χ0) is 50.0. The molecule has 6 nitrogen and oxygen atoms in total. The average Bonchev–Trinajstić information content (AvgIpc) is 3.35. The third-order valence-corrected chi connectivity index (χ3v) is 12.1. The minimum atomic E-state index is -0.817. The Balaban J connectivity index is 4.52. The first-order valence-electron chi connectivity index (χ1n) is 28.7. The molecule has 0 aromatic heterocycles. The maximum Gasteiger partial charge on any atom is 0.306 e. The highest BCUT2D eigenvalue weighted by Crippen LogP contribution is 2.14. The predicted molar refractivity (Wildman–Crippen MR) is 297 cm³/mol. The highest BCUT2D eigenvalue weighted by molar-refractivity contribution is 5.71. The van der Waals surface area contributed by atoms with Crippen LogP contribution >= 0.6 is 0 Å². The third kappa shape index (κ3) is 55.1. The van der Waals surface area contributed by atoms with Crippen molar-refractivity contribution in [1.29, 1.82) is 0 Å². The lowest BCUT2D eigenvalue weighted by Crippen LogP contribution is -2.30. The Hall–Kier alpha value is -3.67. The molecule has 0 saturated heterocycles. The van der Waals surface area contributed by atoms with E-state index in [0.717, 1.165) is 103 Å². The summed E-state index contributed by atoms with van der Waals surface area (Å²) in [6.45, 7) is 6.45. The van der Waals surface area contributed by atoms with E-state index in [4.69, 9.17) is 14.2 Å². The lowest BCUT2D eigenvalue weighted by molar-refractivity contribution is -0.166. The summed E-state index contributed by atoms with van der Waals surface area (Å²) < 4.78 is 16.8. The van der Waals surface area contributed by atoms with Gasteiger partial charge in [0.05, 0.1) is 0 Å². The lowest BCUT2D eigenvalue weighted by atomic mass is 10.1. The Morgan fingerprint density at radius 2 is 0.594 bits per heavy atom. The van der Waals surface area contributed by atoms with Crippen LogP contribution in [0.1, 0.15) is 265 Å². The number of unbranched alkanes of at least 4 members (excludes halogenated alkanes) is 24. The van der Waals surface area contributed by atoms with Crippen molar-refractivity contribution in [2.24, 2.45) is 0 Å². The van der Waals surface area contributed by atoms with Gasteiger partial charge in [0.1, 0.15) is 13.2 Å². The van der Waals surface area contributed by atoms with Gasteiger partial charge in [-0.2, -0.15) is 0 Å². The van der Waals surface area contributed by atoms with Crippen LogP contribution in [0.25, 0.3) is 0 Å². The largest absolute Gasteiger partial charge is 0.462 e. The van der Waals surface area contributed by atoms with Gasteiger partial charge in [-0.25, -0.2) is 0 Å². The molecule has 0 aliphatic heterocycles. The van der Waals surface area contributed by atoms with Crippen LogP contribution < -0.4 is 0 Å². The zero-order valence-electron chi connectivity index (χ0n) is 45.0. The van der Waals surface area contributed by atoms with Gasteiger partial charge in [0.15, 0.2) is 6.10 Å². The first-order valence-corrected chi connectivity index (χ1v) is 28.7. The molecule has 0 bridgehead atoms. The van der Waals surface area contributed by atoms with Gasteiger partial charge in [0, 0.05) is 19.3 Å². The van der Waals surface area contributed by atoms with Crippen molar-refractivity contribution in [3.05, 3.63) is 97.2 Å². The van der Waals surface area contributed by atoms with E-state index in [1.807, 2.05) is 6.08 Å². The van der Waals surface area contributed by atoms with Crippen LogP contribution in [0.5, 0.6) is 0 Å². The second-order valence-electron chi connectivity index (χ2n) is 18.8. The van der Waals surface area contributed by atoms with Crippen LogP contribution in [0.2, 0.25) is 0 Å². The van der Waals surface area contributed by atoms with E-state index >= 15 is 0 Å². The third-order valence-electron chi connectivity index (χ3n) is 12.1. The Kier molecular flexibility index (Phi) is 53.9. The zero-order valence-corrected chi connectivity index (χ0v) is 45.0. The number of carbonyl (C=O) groups is 3. The monoisotopic (exact) mass is 959 g/mol. The molecule has 0 heterocycles. The molecule has 1 atom stereocenters. The summed E-state index contributed by atoms with van der Waals surface area (Å²) in [5, 5.41) is 0. The first-order chi connectivity index (χ1) is 34.0. The highest BCUT2D eigenvalue weighted by atomic mass is 16.6. The fraction of sp³-hybridized carbons (Fsp3) is 0.698. The van der Waals surface area contributed by atoms with E-state index in [9.17, 15) is 14.4 Å². The molecular weight excluding hydrogens is 853 g/mol. The van der Waals surface area contributed by atoms with Crippen molar-refractivity contribution in [1.82, 2.24) is 0 Å². The Morgan fingerprint density at radius 1 is 0.304 bits per heavy atom. The topological polar surface area (TPSA) is 78.9 Å². The van der Waals surface area contributed by atoms with Gasteiger partial charge >= 0.3 is 17.9 Å². The van der Waals surface area contributed by atoms with Crippen molar-refractivity contribution in [3.63, 3.8) is 0 Å². The number of esters is 3. The summed E-state index contributed by atoms with van der Waals surface area (Å²) in [5.41, 5.74) is 0. The molecule has 0 aliphatic rings. The van der Waals surface area contributed by atoms with Crippen LogP contribution in [-0.4, -0.2) is 37.2 Å². The smallest absolute Gasteiger partial charge is 0.306 e. The van der Waals surface area contributed by atoms with E-state index < -0.39 is 6.10 Å². The fourth-order valence-electron chi connectivity index (χ4n) is 7.75. The van der Waals surface area contributed by atoms with Crippen molar-refractivity contribution >= 4 is 17.9 Å². The molecule has 0 fully saturated rings. The van der Waals surface area contributed by atoms with Crippen LogP contribution in [0, 0.1) is 0 Å². The Bertz CT molecular complexity index is 1380. The number of ether oxygens (including phenoxy) is 3. The summed E-state index contributed by atoms with van der Waals surface area (Å²) in [7, 11) is 0. The molecule has 0 amide bonds. The quantitative estimate of drug-likeness (QED) is 0.0262. The first kappa shape index (κ1) is 65.3. The average molecular weight is 960 g/mol. The van der Waals surface area contributed by atoms with Gasteiger partial charge in [0.25, 0.3) is 0 Å². The lowest BCUT2D eigenvalue weighted by Gasteiger charge is -2.18. The highest BCUT2D eigenvalue weighted by Gasteiger charge is 2.19. The van der Waals surface area contributed by atoms with Gasteiger partial charge in [-0.05, 0) is 109 Å². The number of hydrogen-bond acceptors (Lipinski definition) is 6. The number of hydrogen-bond donors (Lipinski definition) is 0. The molecule has 0 N–H and O–H groups in total. The molecule has 0 radical (unpaired) electrons. The molecule has 0 aromatic carbocycles. The number of carbonyl (C=O) groups excluding carboxylic acids is 3. The molecule has 0 spiro atoms. The summed E-state index contributed by atoms with van der Waals surface area (Å²) in [6, 6.07) is 0. The minimum absolute atomic E-state index is 0.108. The Labute approximate surface area is 426 Å². The molecule has 0 aliphatic carbocycles. The molecule has 1 unspecified atom stereocenters. The molecule has 0 rings (SSSR count). The van der Waals surface area contributed by atoms with Gasteiger partial charge in [0.2, 0.25) is 0 Å². The summed E-state index contributed by atoms with van der Waals surface area (Å²) in [5.74, 6) is -1.01. The van der Waals surface area contributed by atoms with E-state index in [1.54, 1.807) is 0 Å². The predicted octanol–water partition coefficient (Wildman–Crippen LogP) is 19.3. The van der Waals surface area contributed by atoms with E-state index in [1.165, 1.54) is 116 Å². The van der Waals surface area contributed by atoms with Crippen molar-refractivity contribution < 1.29 is 28.6 Å². The number of allylic oxidation sites excluding steroid dienone is 16. The van der Waals surface area contributed by atoms with Gasteiger partial charge in [-0.15, -0.1) is 0 Å². The maximum atomic E-state index is 12.8. The van der Waals surface area contributed by atoms with E-state index in [2.05, 4.69) is 112 Å². The van der Waals surface area contributed by atoms with Gasteiger partial charge in [-0.1, -0.05) is 234 Å². The molecule has 394 valence electrons. The molecule has 69 heavy (non-hydrogen) atoms. The molecule has 6 heteroatoms. The maximum absolute atomic E-state index is 12.8. The van der Waals surface area contributed by atoms with E-state index in [0.29, 0.717) is 19.3 Å². The second-order valence-corrected chi connectivity index (χ2v) is 18.8. The summed E-state index contributed by atoms with van der Waals surface area (Å²) >= 11 is 0. The molecule has 0 saturated carbocycles. The fourth-order valence-corrected chi connectivity index (χ4v) is 7.75. The van der Waals surface area contributed by atoms with Gasteiger partial charge < -0.3 is 14.2 Å². The standard InChI is InChI=1S/C63H106O6/c1-4-7-10-13-16-19-22-25-28-31-32-33-36-38-41-44-47-50-53-56-62(65)68-59-60(69-63(66)57-54-51-48-45-42-39-35-30-27-24-21-18-15-12-9-6-3)58-67-61(64)55-52-49-46-43-40-37-34-29-26-23-20-17-14-11-8-5-2/h7,10,16,19,25,28-30,32-35,38,41,47,50,60H,4-6,8-9,11-15,17-18,20-24,26-27,31,36-37,39-40,42-46,48-49,51-59H2,1-3H3/b10-7-,19-16-,28-25-,33-32-,34-29-,35-30-,41-38-,50-47-. The van der Waals surface area contributed by atoms with Gasteiger partial charge in [-0.3, -0.25) is 14.4 Å². The van der Waals surface area contributed by atoms with Crippen LogP contribution in [-0.2, 0) is 28.6 Å². The number of rotatable bonds is 51. The van der Waals surface area contributed by atoms with Crippen LogP contribution in [0.15, 0.2) is 97.2 Å². The van der Waals surface area contributed by atoms with Crippen molar-refractivity contribution in [3.8, 4) is 0 Å². The minimum Gasteiger partial charge on any atom is -0.462 e. The van der Waals surface area contributed by atoms with Crippen LogP contribution in [0.4, 0.5) is 0 Å². The second kappa shape index (κ2) is 56.9.